The monoisotopic (exact) mass is 244 g/mol. The minimum Gasteiger partial charge on any atom is -0.271 e. The van der Waals surface area contributed by atoms with E-state index in [4.69, 9.17) is 5.84 Å². The molecule has 2 aliphatic rings. The van der Waals surface area contributed by atoms with E-state index in [9.17, 15) is 0 Å². The predicted molar refractivity (Wildman–Crippen MR) is 74.8 cm³/mol. The van der Waals surface area contributed by atoms with Gasteiger partial charge in [-0.15, -0.1) is 0 Å². The van der Waals surface area contributed by atoms with E-state index in [-0.39, 0.29) is 0 Å². The molecule has 0 aromatic heterocycles. The van der Waals surface area contributed by atoms with Gasteiger partial charge >= 0.3 is 0 Å². The van der Waals surface area contributed by atoms with Crippen LogP contribution in [0.25, 0.3) is 0 Å². The summed E-state index contributed by atoms with van der Waals surface area (Å²) in [6.45, 7) is 2.15. The van der Waals surface area contributed by atoms with E-state index in [0.717, 1.165) is 17.8 Å². The van der Waals surface area contributed by atoms with Crippen LogP contribution in [0.4, 0.5) is 0 Å². The van der Waals surface area contributed by atoms with Crippen molar-refractivity contribution < 1.29 is 0 Å². The van der Waals surface area contributed by atoms with Crippen molar-refractivity contribution in [1.29, 1.82) is 0 Å². The predicted octanol–water partition coefficient (Wildman–Crippen LogP) is 3.33. The molecule has 2 heteroatoms. The van der Waals surface area contributed by atoms with E-state index < -0.39 is 0 Å². The fraction of sp³-hybridized carbons (Fsp3) is 0.625. The maximum atomic E-state index is 5.78. The number of hydrogen-bond donors (Lipinski definition) is 2. The number of hydrogen-bond acceptors (Lipinski definition) is 2. The minimum atomic E-state index is 0.328. The average molecular weight is 244 g/mol. The van der Waals surface area contributed by atoms with Crippen molar-refractivity contribution in [3.8, 4) is 0 Å². The Kier molecular flexibility index (Phi) is 3.40. The van der Waals surface area contributed by atoms with E-state index in [1.807, 2.05) is 0 Å². The SMILES string of the molecule is Cc1cccc(C(CC2CC3CCC2C3)NN)c1. The maximum absolute atomic E-state index is 5.78. The minimum absolute atomic E-state index is 0.328. The lowest BCUT2D eigenvalue weighted by Gasteiger charge is -2.26. The highest BCUT2D eigenvalue weighted by atomic mass is 15.2. The first kappa shape index (κ1) is 12.2. The Labute approximate surface area is 110 Å². The molecule has 1 aromatic carbocycles. The van der Waals surface area contributed by atoms with Gasteiger partial charge in [-0.05, 0) is 55.9 Å². The van der Waals surface area contributed by atoms with Crippen molar-refractivity contribution in [3.63, 3.8) is 0 Å². The van der Waals surface area contributed by atoms with Gasteiger partial charge in [0.2, 0.25) is 0 Å². The molecule has 98 valence electrons. The van der Waals surface area contributed by atoms with E-state index >= 15 is 0 Å². The number of aryl methyl sites for hydroxylation is 1. The van der Waals surface area contributed by atoms with Crippen molar-refractivity contribution in [3.05, 3.63) is 35.4 Å². The molecule has 0 amide bonds. The third kappa shape index (κ3) is 2.32. The molecule has 1 aromatic rings. The molecule has 0 aliphatic heterocycles. The number of benzene rings is 1. The maximum Gasteiger partial charge on any atom is 0.0462 e. The van der Waals surface area contributed by atoms with Crippen LogP contribution < -0.4 is 11.3 Å². The third-order valence-electron chi connectivity index (χ3n) is 5.07. The number of fused-ring (bicyclic) bond motifs is 2. The first-order chi connectivity index (χ1) is 8.76. The van der Waals surface area contributed by atoms with Crippen LogP contribution in [0.2, 0.25) is 0 Å². The second-order valence-corrected chi connectivity index (χ2v) is 6.30. The first-order valence-corrected chi connectivity index (χ1v) is 7.29. The van der Waals surface area contributed by atoms with Crippen molar-refractivity contribution in [2.45, 2.75) is 45.1 Å². The number of nitrogens with one attached hydrogen (secondary N) is 1. The van der Waals surface area contributed by atoms with Gasteiger partial charge in [-0.25, -0.2) is 0 Å². The lowest BCUT2D eigenvalue weighted by molar-refractivity contribution is 0.280. The van der Waals surface area contributed by atoms with Crippen LogP contribution in [0.15, 0.2) is 24.3 Å². The summed E-state index contributed by atoms with van der Waals surface area (Å²) in [4.78, 5) is 0. The summed E-state index contributed by atoms with van der Waals surface area (Å²) >= 11 is 0. The molecule has 2 fully saturated rings. The Morgan fingerprint density at radius 1 is 1.33 bits per heavy atom. The van der Waals surface area contributed by atoms with Crippen LogP contribution in [-0.4, -0.2) is 0 Å². The number of rotatable bonds is 4. The molecule has 4 atom stereocenters. The first-order valence-electron chi connectivity index (χ1n) is 7.29. The van der Waals surface area contributed by atoms with Gasteiger partial charge in [0.05, 0.1) is 0 Å². The van der Waals surface area contributed by atoms with Gasteiger partial charge in [0, 0.05) is 6.04 Å². The average Bonchev–Trinajstić information content (AvgIpc) is 2.98. The van der Waals surface area contributed by atoms with Gasteiger partial charge in [0.25, 0.3) is 0 Å². The summed E-state index contributed by atoms with van der Waals surface area (Å²) in [7, 11) is 0. The van der Waals surface area contributed by atoms with Crippen molar-refractivity contribution >= 4 is 0 Å². The Morgan fingerprint density at radius 2 is 2.22 bits per heavy atom. The van der Waals surface area contributed by atoms with Crippen LogP contribution in [0, 0.1) is 24.7 Å². The van der Waals surface area contributed by atoms with Crippen LogP contribution in [-0.2, 0) is 0 Å². The molecule has 18 heavy (non-hydrogen) atoms. The highest BCUT2D eigenvalue weighted by molar-refractivity contribution is 5.25. The molecule has 2 nitrogen and oxygen atoms in total. The zero-order valence-corrected chi connectivity index (χ0v) is 11.2. The number of hydrazine groups is 1. The highest BCUT2D eigenvalue weighted by Gasteiger charge is 2.40. The van der Waals surface area contributed by atoms with Crippen LogP contribution in [0.5, 0.6) is 0 Å². The largest absolute Gasteiger partial charge is 0.271 e. The summed E-state index contributed by atoms with van der Waals surface area (Å²) in [6, 6.07) is 9.07. The molecule has 2 bridgehead atoms. The molecule has 0 heterocycles. The summed E-state index contributed by atoms with van der Waals surface area (Å²) < 4.78 is 0. The van der Waals surface area contributed by atoms with Gasteiger partial charge in [0.15, 0.2) is 0 Å². The van der Waals surface area contributed by atoms with Gasteiger partial charge in [0.1, 0.15) is 0 Å². The second-order valence-electron chi connectivity index (χ2n) is 6.30. The Morgan fingerprint density at radius 3 is 2.83 bits per heavy atom. The molecule has 2 saturated carbocycles. The highest BCUT2D eigenvalue weighted by Crippen LogP contribution is 2.50. The van der Waals surface area contributed by atoms with Gasteiger partial charge in [-0.1, -0.05) is 36.2 Å². The Balaban J connectivity index is 1.69. The molecule has 0 radical (unpaired) electrons. The molecule has 4 unspecified atom stereocenters. The molecular formula is C16H24N2. The topological polar surface area (TPSA) is 38.0 Å². The van der Waals surface area contributed by atoms with E-state index in [0.29, 0.717) is 6.04 Å². The zero-order valence-electron chi connectivity index (χ0n) is 11.2. The molecule has 3 rings (SSSR count). The van der Waals surface area contributed by atoms with Crippen molar-refractivity contribution in [2.75, 3.05) is 0 Å². The normalized spacial score (nSPS) is 31.8. The Bertz CT molecular complexity index is 415. The summed E-state index contributed by atoms with van der Waals surface area (Å²) in [5.74, 6) is 8.68. The van der Waals surface area contributed by atoms with Gasteiger partial charge in [-0.3, -0.25) is 11.3 Å². The number of nitrogens with two attached hydrogens (primary N) is 1. The van der Waals surface area contributed by atoms with E-state index in [2.05, 4.69) is 36.6 Å². The van der Waals surface area contributed by atoms with Crippen molar-refractivity contribution in [2.24, 2.45) is 23.6 Å². The lowest BCUT2D eigenvalue weighted by Crippen LogP contribution is -2.30. The van der Waals surface area contributed by atoms with Gasteiger partial charge < -0.3 is 0 Å². The van der Waals surface area contributed by atoms with Crippen LogP contribution in [0.1, 0.15) is 49.3 Å². The lowest BCUT2D eigenvalue weighted by atomic mass is 9.83. The fourth-order valence-corrected chi connectivity index (χ4v) is 4.16. The van der Waals surface area contributed by atoms with Crippen molar-refractivity contribution in [1.82, 2.24) is 5.43 Å². The molecule has 2 aliphatic carbocycles. The summed E-state index contributed by atoms with van der Waals surface area (Å²) in [5, 5.41) is 0. The zero-order chi connectivity index (χ0) is 12.5. The Hall–Kier alpha value is -0.860. The van der Waals surface area contributed by atoms with Gasteiger partial charge in [-0.2, -0.15) is 0 Å². The molecule has 3 N–H and O–H groups in total. The second kappa shape index (κ2) is 5.02. The summed E-state index contributed by atoms with van der Waals surface area (Å²) in [6.07, 6.45) is 7.07. The fourth-order valence-electron chi connectivity index (χ4n) is 4.16. The van der Waals surface area contributed by atoms with Crippen LogP contribution in [0.3, 0.4) is 0 Å². The smallest absolute Gasteiger partial charge is 0.0462 e. The standard InChI is InChI=1S/C16H24N2/c1-11-3-2-4-14(7-11)16(18-17)10-15-9-12-5-6-13(15)8-12/h2-4,7,12-13,15-16,18H,5-6,8-10,17H2,1H3. The molecule has 0 saturated heterocycles. The molecular weight excluding hydrogens is 220 g/mol. The van der Waals surface area contributed by atoms with E-state index in [1.54, 1.807) is 0 Å². The van der Waals surface area contributed by atoms with Crippen LogP contribution >= 0.6 is 0 Å². The quantitative estimate of drug-likeness (QED) is 0.630. The van der Waals surface area contributed by atoms with E-state index in [1.165, 1.54) is 43.2 Å². The third-order valence-corrected chi connectivity index (χ3v) is 5.07. The molecule has 0 spiro atoms. The summed E-state index contributed by atoms with van der Waals surface area (Å²) in [5.41, 5.74) is 5.70.